The van der Waals surface area contributed by atoms with E-state index in [2.05, 4.69) is 162 Å². The maximum atomic E-state index is 5.30. The smallest absolute Gasteiger partial charge is 0.146 e. The maximum Gasteiger partial charge on any atom is 0.146 e. The molecule has 2 heteroatoms. The molecule has 0 saturated carbocycles. The van der Waals surface area contributed by atoms with Crippen LogP contribution in [0, 0.1) is 0 Å². The van der Waals surface area contributed by atoms with Gasteiger partial charge in [0.25, 0.3) is 0 Å². The van der Waals surface area contributed by atoms with Crippen LogP contribution in [-0.2, 0) is 0 Å². The molecule has 0 radical (unpaired) electrons. The van der Waals surface area contributed by atoms with E-state index in [0.29, 0.717) is 0 Å². The predicted octanol–water partition coefficient (Wildman–Crippen LogP) is 11.6. The average molecular weight is 571 g/mol. The summed E-state index contributed by atoms with van der Waals surface area (Å²) in [7, 11) is 0. The van der Waals surface area contributed by atoms with Crippen molar-refractivity contribution in [3.63, 3.8) is 0 Å². The predicted molar refractivity (Wildman–Crippen MR) is 191 cm³/mol. The fraction of sp³-hybridized carbons (Fsp3) is 0. The van der Waals surface area contributed by atoms with E-state index in [-0.39, 0.29) is 0 Å². The van der Waals surface area contributed by atoms with Crippen LogP contribution < -0.4 is 0 Å². The van der Waals surface area contributed by atoms with Crippen LogP contribution in [0.2, 0.25) is 0 Å². The first-order valence-electron chi connectivity index (χ1n) is 15.5. The summed E-state index contributed by atoms with van der Waals surface area (Å²) in [5.74, 6) is 0. The molecule has 0 atom stereocenters. The first-order chi connectivity index (χ1) is 22.3. The van der Waals surface area contributed by atoms with Crippen molar-refractivity contribution in [1.82, 2.24) is 9.38 Å². The Morgan fingerprint density at radius 3 is 1.56 bits per heavy atom. The van der Waals surface area contributed by atoms with Crippen molar-refractivity contribution in [2.45, 2.75) is 0 Å². The maximum absolute atomic E-state index is 5.30. The van der Waals surface area contributed by atoms with Crippen molar-refractivity contribution in [2.24, 2.45) is 0 Å². The molecule has 2 aromatic heterocycles. The van der Waals surface area contributed by atoms with Gasteiger partial charge in [-0.1, -0.05) is 133 Å². The Morgan fingerprint density at radius 2 is 0.867 bits per heavy atom. The number of imidazole rings is 1. The molecule has 45 heavy (non-hydrogen) atoms. The number of hydrogen-bond donors (Lipinski definition) is 0. The lowest BCUT2D eigenvalue weighted by molar-refractivity contribution is 1.31. The number of hydrogen-bond acceptors (Lipinski definition) is 1. The molecule has 0 unspecified atom stereocenters. The zero-order valence-corrected chi connectivity index (χ0v) is 24.4. The summed E-state index contributed by atoms with van der Waals surface area (Å²) < 4.78 is 2.33. The number of pyridine rings is 1. The van der Waals surface area contributed by atoms with Crippen molar-refractivity contribution in [3.8, 4) is 22.3 Å². The molecule has 0 N–H and O–H groups in total. The second kappa shape index (κ2) is 9.25. The van der Waals surface area contributed by atoms with Crippen molar-refractivity contribution >= 4 is 70.7 Å². The molecule has 0 aliphatic rings. The average Bonchev–Trinajstić information content (AvgIpc) is 3.50. The van der Waals surface area contributed by atoms with Gasteiger partial charge < -0.3 is 0 Å². The lowest BCUT2D eigenvalue weighted by Crippen LogP contribution is -1.92. The van der Waals surface area contributed by atoms with Crippen molar-refractivity contribution in [3.05, 3.63) is 158 Å². The summed E-state index contributed by atoms with van der Waals surface area (Å²) in [5.41, 5.74) is 9.24. The molecule has 0 aliphatic carbocycles. The fourth-order valence-electron chi connectivity index (χ4n) is 7.56. The summed E-state index contributed by atoms with van der Waals surface area (Å²) >= 11 is 0. The van der Waals surface area contributed by atoms with Crippen LogP contribution in [-0.4, -0.2) is 9.38 Å². The summed E-state index contributed by atoms with van der Waals surface area (Å²) in [6, 6.07) is 57.3. The lowest BCUT2D eigenvalue weighted by atomic mass is 9.85. The first kappa shape index (κ1) is 24.5. The van der Waals surface area contributed by atoms with Gasteiger partial charge in [0, 0.05) is 10.8 Å². The third-order valence-corrected chi connectivity index (χ3v) is 9.52. The Hall–Kier alpha value is -5.99. The fourth-order valence-corrected chi connectivity index (χ4v) is 7.56. The van der Waals surface area contributed by atoms with Crippen LogP contribution >= 0.6 is 0 Å². The van der Waals surface area contributed by atoms with Crippen LogP contribution in [0.5, 0.6) is 0 Å². The summed E-state index contributed by atoms with van der Waals surface area (Å²) in [4.78, 5) is 5.30. The van der Waals surface area contributed by atoms with Gasteiger partial charge in [-0.05, 0) is 84.2 Å². The SMILES string of the molecule is c1ccc2cc(-c3c4ccccc4c(-c4ccc5c(c4)nc4c6ccccc6c6ccccc6n54)c4ccccc34)ccc2c1. The van der Waals surface area contributed by atoms with E-state index in [9.17, 15) is 0 Å². The second-order valence-corrected chi connectivity index (χ2v) is 11.9. The molecule has 10 rings (SSSR count). The molecule has 0 amide bonds. The standard InChI is InChI=1S/C43H26N2/c1-2-12-28-25-29(22-21-27(28)11-1)41-33-15-4-6-17-35(33)42(36-18-7-5-16-34(36)41)30-23-24-40-38(26-30)44-43-37-19-8-3-13-31(37)32-14-9-10-20-39(32)45(40)43/h1-26H. The van der Waals surface area contributed by atoms with E-state index in [1.807, 2.05) is 0 Å². The van der Waals surface area contributed by atoms with Gasteiger partial charge in [-0.25, -0.2) is 4.98 Å². The summed E-state index contributed by atoms with van der Waals surface area (Å²) in [6.07, 6.45) is 0. The second-order valence-electron chi connectivity index (χ2n) is 11.9. The van der Waals surface area contributed by atoms with Gasteiger partial charge in [-0.2, -0.15) is 0 Å². The quantitative estimate of drug-likeness (QED) is 0.149. The minimum Gasteiger partial charge on any atom is -0.292 e. The minimum absolute atomic E-state index is 0.998. The highest BCUT2D eigenvalue weighted by Gasteiger charge is 2.19. The summed E-state index contributed by atoms with van der Waals surface area (Å²) in [5, 5.41) is 11.2. The summed E-state index contributed by atoms with van der Waals surface area (Å²) in [6.45, 7) is 0. The Balaban J connectivity index is 1.29. The molecule has 208 valence electrons. The number of aromatic nitrogens is 2. The number of benzene rings is 8. The molecule has 0 bridgehead atoms. The van der Waals surface area contributed by atoms with Gasteiger partial charge in [0.1, 0.15) is 5.65 Å². The van der Waals surface area contributed by atoms with Crippen molar-refractivity contribution < 1.29 is 0 Å². The molecule has 0 fully saturated rings. The molecular formula is C43H26N2. The van der Waals surface area contributed by atoms with Gasteiger partial charge >= 0.3 is 0 Å². The topological polar surface area (TPSA) is 17.3 Å². The van der Waals surface area contributed by atoms with Crippen molar-refractivity contribution in [2.75, 3.05) is 0 Å². The van der Waals surface area contributed by atoms with Gasteiger partial charge in [-0.15, -0.1) is 0 Å². The third-order valence-electron chi connectivity index (χ3n) is 9.52. The molecular weight excluding hydrogens is 544 g/mol. The monoisotopic (exact) mass is 570 g/mol. The van der Waals surface area contributed by atoms with Crippen molar-refractivity contribution in [1.29, 1.82) is 0 Å². The Bertz CT molecular complexity index is 2760. The first-order valence-corrected chi connectivity index (χ1v) is 15.5. The largest absolute Gasteiger partial charge is 0.292 e. The molecule has 2 heterocycles. The highest BCUT2D eigenvalue weighted by molar-refractivity contribution is 6.22. The van der Waals surface area contributed by atoms with E-state index < -0.39 is 0 Å². The van der Waals surface area contributed by atoms with E-state index in [1.165, 1.54) is 76.2 Å². The Kier molecular flexibility index (Phi) is 5.03. The van der Waals surface area contributed by atoms with Gasteiger partial charge in [0.2, 0.25) is 0 Å². The zero-order chi connectivity index (χ0) is 29.5. The van der Waals surface area contributed by atoms with E-state index in [1.54, 1.807) is 0 Å². The van der Waals surface area contributed by atoms with Crippen LogP contribution in [0.1, 0.15) is 0 Å². The molecule has 0 saturated heterocycles. The minimum atomic E-state index is 0.998. The molecule has 2 nitrogen and oxygen atoms in total. The van der Waals surface area contributed by atoms with E-state index in [0.717, 1.165) is 16.7 Å². The Morgan fingerprint density at radius 1 is 0.356 bits per heavy atom. The van der Waals surface area contributed by atoms with Crippen LogP contribution in [0.25, 0.3) is 92.9 Å². The molecule has 0 aliphatic heterocycles. The number of fused-ring (bicyclic) bond motifs is 11. The zero-order valence-electron chi connectivity index (χ0n) is 24.4. The third kappa shape index (κ3) is 3.48. The van der Waals surface area contributed by atoms with Gasteiger partial charge in [0.15, 0.2) is 0 Å². The molecule has 0 spiro atoms. The lowest BCUT2D eigenvalue weighted by Gasteiger charge is -2.18. The molecule has 8 aromatic carbocycles. The van der Waals surface area contributed by atoms with Gasteiger partial charge in [-0.3, -0.25) is 4.40 Å². The van der Waals surface area contributed by atoms with Gasteiger partial charge in [0.05, 0.1) is 16.6 Å². The normalized spacial score (nSPS) is 12.0. The number of para-hydroxylation sites is 1. The highest BCUT2D eigenvalue weighted by atomic mass is 15.0. The molecule has 10 aromatic rings. The number of rotatable bonds is 2. The highest BCUT2D eigenvalue weighted by Crippen LogP contribution is 2.44. The van der Waals surface area contributed by atoms with Crippen LogP contribution in [0.4, 0.5) is 0 Å². The number of nitrogens with zero attached hydrogens (tertiary/aromatic N) is 2. The van der Waals surface area contributed by atoms with Crippen LogP contribution in [0.15, 0.2) is 158 Å². The van der Waals surface area contributed by atoms with E-state index in [4.69, 9.17) is 4.98 Å². The van der Waals surface area contributed by atoms with E-state index >= 15 is 0 Å². The van der Waals surface area contributed by atoms with Crippen LogP contribution in [0.3, 0.4) is 0 Å². The Labute approximate surface area is 259 Å².